The minimum Gasteiger partial charge on any atom is -0.254 e. The summed E-state index contributed by atoms with van der Waals surface area (Å²) in [5.74, 6) is -0.298. The molecule has 0 spiro atoms. The lowest BCUT2D eigenvalue weighted by Crippen LogP contribution is -2.19. The molecule has 140 valence electrons. The Labute approximate surface area is 173 Å². The Kier molecular flexibility index (Phi) is 5.47. The first-order valence-corrected chi connectivity index (χ1v) is 9.66. The topological polar surface area (TPSA) is 15.6 Å². The Morgan fingerprint density at radius 1 is 0.857 bits per heavy atom. The summed E-state index contributed by atoms with van der Waals surface area (Å²) in [6, 6.07) is 21.8. The van der Waals surface area contributed by atoms with E-state index < -0.39 is 0 Å². The number of rotatable bonds is 4. The van der Waals surface area contributed by atoms with Crippen LogP contribution >= 0.6 is 23.2 Å². The van der Waals surface area contributed by atoms with Gasteiger partial charge in [-0.15, -0.1) is 0 Å². The molecule has 0 N–H and O–H groups in total. The number of benzene rings is 3. The van der Waals surface area contributed by atoms with E-state index in [1.165, 1.54) is 6.07 Å². The first kappa shape index (κ1) is 18.7. The Morgan fingerprint density at radius 3 is 2.18 bits per heavy atom. The number of allylic oxidation sites excluding steroid dienone is 1. The fraction of sp³-hybridized carbons (Fsp3) is 0.0870. The smallest absolute Gasteiger partial charge is 0.148 e. The summed E-state index contributed by atoms with van der Waals surface area (Å²) < 4.78 is 14.4. The standard InChI is InChI=1S/C23H17Cl2FN2/c24-18-10-5-16(6-11-18)7-14-20-15-23(17-8-12-19(25)13-9-17)28(27-20)22-4-2-1-3-21(22)26/h1-14,23H,15H2. The van der Waals surface area contributed by atoms with Crippen molar-refractivity contribution in [1.82, 2.24) is 0 Å². The highest BCUT2D eigenvalue weighted by molar-refractivity contribution is 6.30. The van der Waals surface area contributed by atoms with Gasteiger partial charge < -0.3 is 0 Å². The summed E-state index contributed by atoms with van der Waals surface area (Å²) in [5.41, 5.74) is 3.39. The first-order chi connectivity index (χ1) is 13.6. The molecule has 0 bridgehead atoms. The average Bonchev–Trinajstić information content (AvgIpc) is 3.12. The molecular formula is C23H17Cl2FN2. The molecule has 1 heterocycles. The highest BCUT2D eigenvalue weighted by atomic mass is 35.5. The molecule has 3 aromatic rings. The molecule has 1 aliphatic heterocycles. The fourth-order valence-electron chi connectivity index (χ4n) is 3.20. The zero-order valence-electron chi connectivity index (χ0n) is 14.9. The van der Waals surface area contributed by atoms with E-state index >= 15 is 0 Å². The maximum Gasteiger partial charge on any atom is 0.148 e. The number of hydrogen-bond donors (Lipinski definition) is 0. The van der Waals surface area contributed by atoms with Crippen molar-refractivity contribution in [3.63, 3.8) is 0 Å². The zero-order valence-corrected chi connectivity index (χ0v) is 16.4. The maximum atomic E-state index is 14.4. The predicted molar refractivity (Wildman–Crippen MR) is 116 cm³/mol. The van der Waals surface area contributed by atoms with Crippen LogP contribution in [0.25, 0.3) is 6.08 Å². The van der Waals surface area contributed by atoms with Gasteiger partial charge in [-0.05, 0) is 53.6 Å². The summed E-state index contributed by atoms with van der Waals surface area (Å²) in [7, 11) is 0. The highest BCUT2D eigenvalue weighted by Crippen LogP contribution is 2.37. The Balaban J connectivity index is 1.66. The Hall–Kier alpha value is -2.62. The molecular weight excluding hydrogens is 394 g/mol. The number of hydrazone groups is 1. The monoisotopic (exact) mass is 410 g/mol. The van der Waals surface area contributed by atoms with Crippen LogP contribution in [0.1, 0.15) is 23.6 Å². The third-order valence-electron chi connectivity index (χ3n) is 4.63. The number of nitrogens with zero attached hydrogens (tertiary/aromatic N) is 2. The van der Waals surface area contributed by atoms with E-state index in [2.05, 4.69) is 0 Å². The number of hydrogen-bond acceptors (Lipinski definition) is 2. The van der Waals surface area contributed by atoms with Crippen LogP contribution in [0.15, 0.2) is 84.0 Å². The summed E-state index contributed by atoms with van der Waals surface area (Å²) >= 11 is 12.0. The fourth-order valence-corrected chi connectivity index (χ4v) is 3.46. The maximum absolute atomic E-state index is 14.4. The SMILES string of the molecule is Fc1ccccc1N1N=C(C=Cc2ccc(Cl)cc2)CC1c1ccc(Cl)cc1. The molecule has 0 saturated carbocycles. The van der Waals surface area contributed by atoms with Crippen molar-refractivity contribution in [3.8, 4) is 0 Å². The minimum absolute atomic E-state index is 0.0981. The Morgan fingerprint density at radius 2 is 1.50 bits per heavy atom. The van der Waals surface area contributed by atoms with Gasteiger partial charge in [0, 0.05) is 16.5 Å². The van der Waals surface area contributed by atoms with Crippen molar-refractivity contribution in [2.24, 2.45) is 5.10 Å². The summed E-state index contributed by atoms with van der Waals surface area (Å²) in [6.45, 7) is 0. The van der Waals surface area contributed by atoms with Gasteiger partial charge >= 0.3 is 0 Å². The molecule has 0 aromatic heterocycles. The highest BCUT2D eigenvalue weighted by Gasteiger charge is 2.29. The van der Waals surface area contributed by atoms with Crippen molar-refractivity contribution in [2.45, 2.75) is 12.5 Å². The van der Waals surface area contributed by atoms with Gasteiger partial charge in [0.1, 0.15) is 5.82 Å². The predicted octanol–water partition coefficient (Wildman–Crippen LogP) is 7.15. The van der Waals surface area contributed by atoms with Gasteiger partial charge in [-0.1, -0.05) is 65.7 Å². The van der Waals surface area contributed by atoms with Gasteiger partial charge in [0.15, 0.2) is 0 Å². The van der Waals surface area contributed by atoms with Gasteiger partial charge in [0.2, 0.25) is 0 Å². The van der Waals surface area contributed by atoms with Crippen LogP contribution in [0.5, 0.6) is 0 Å². The van der Waals surface area contributed by atoms with Gasteiger partial charge in [-0.2, -0.15) is 5.10 Å². The average molecular weight is 411 g/mol. The normalized spacial score (nSPS) is 16.6. The van der Waals surface area contributed by atoms with E-state index in [-0.39, 0.29) is 11.9 Å². The summed E-state index contributed by atoms with van der Waals surface area (Å²) in [5, 5.41) is 7.81. The molecule has 2 nitrogen and oxygen atoms in total. The molecule has 1 unspecified atom stereocenters. The van der Waals surface area contributed by atoms with Crippen molar-refractivity contribution >= 4 is 40.7 Å². The van der Waals surface area contributed by atoms with Crippen LogP contribution in [0.4, 0.5) is 10.1 Å². The lowest BCUT2D eigenvalue weighted by Gasteiger charge is -2.24. The Bertz CT molecular complexity index is 1030. The molecule has 0 fully saturated rings. The van der Waals surface area contributed by atoms with E-state index in [9.17, 15) is 4.39 Å². The van der Waals surface area contributed by atoms with Crippen molar-refractivity contribution < 1.29 is 4.39 Å². The van der Waals surface area contributed by atoms with E-state index in [0.717, 1.165) is 16.8 Å². The van der Waals surface area contributed by atoms with Gasteiger partial charge in [-0.25, -0.2) is 4.39 Å². The molecule has 0 saturated heterocycles. The summed E-state index contributed by atoms with van der Waals surface area (Å²) in [6.07, 6.45) is 4.62. The third-order valence-corrected chi connectivity index (χ3v) is 5.13. The van der Waals surface area contributed by atoms with Crippen LogP contribution in [0.3, 0.4) is 0 Å². The molecule has 0 radical (unpaired) electrons. The number of para-hydroxylation sites is 1. The molecule has 4 rings (SSSR count). The van der Waals surface area contributed by atoms with Crippen molar-refractivity contribution in [3.05, 3.63) is 106 Å². The quantitative estimate of drug-likeness (QED) is 0.445. The molecule has 1 aliphatic rings. The van der Waals surface area contributed by atoms with Crippen LogP contribution in [0.2, 0.25) is 10.0 Å². The van der Waals surface area contributed by atoms with Crippen LogP contribution in [-0.2, 0) is 0 Å². The lowest BCUT2D eigenvalue weighted by atomic mass is 10.0. The molecule has 0 aliphatic carbocycles. The zero-order chi connectivity index (χ0) is 19.5. The van der Waals surface area contributed by atoms with E-state index in [1.54, 1.807) is 17.1 Å². The molecule has 3 aromatic carbocycles. The van der Waals surface area contributed by atoms with Crippen LogP contribution in [0, 0.1) is 5.82 Å². The van der Waals surface area contributed by atoms with Crippen molar-refractivity contribution in [1.29, 1.82) is 0 Å². The number of halogens is 3. The van der Waals surface area contributed by atoms with E-state index in [4.69, 9.17) is 28.3 Å². The molecule has 28 heavy (non-hydrogen) atoms. The molecule has 1 atom stereocenters. The van der Waals surface area contributed by atoms with Crippen LogP contribution in [-0.4, -0.2) is 5.71 Å². The lowest BCUT2D eigenvalue weighted by molar-refractivity contribution is 0.606. The molecule has 5 heteroatoms. The largest absolute Gasteiger partial charge is 0.254 e. The van der Waals surface area contributed by atoms with E-state index in [1.807, 2.05) is 66.7 Å². The van der Waals surface area contributed by atoms with Crippen molar-refractivity contribution in [2.75, 3.05) is 5.01 Å². The first-order valence-electron chi connectivity index (χ1n) is 8.90. The second-order valence-electron chi connectivity index (χ2n) is 6.54. The molecule has 0 amide bonds. The number of anilines is 1. The van der Waals surface area contributed by atoms with E-state index in [0.29, 0.717) is 22.2 Å². The second-order valence-corrected chi connectivity index (χ2v) is 7.42. The van der Waals surface area contributed by atoms with Gasteiger partial charge in [-0.3, -0.25) is 5.01 Å². The third kappa shape index (κ3) is 4.11. The van der Waals surface area contributed by atoms with Gasteiger partial charge in [0.25, 0.3) is 0 Å². The minimum atomic E-state index is -0.298. The second kappa shape index (κ2) is 8.17. The summed E-state index contributed by atoms with van der Waals surface area (Å²) in [4.78, 5) is 0. The van der Waals surface area contributed by atoms with Gasteiger partial charge in [0.05, 0.1) is 17.4 Å². The van der Waals surface area contributed by atoms with Crippen LogP contribution < -0.4 is 5.01 Å².